The summed E-state index contributed by atoms with van der Waals surface area (Å²) in [6.07, 6.45) is 6.47. The molecule has 4 N–H and O–H groups in total. The first-order valence-electron chi connectivity index (χ1n) is 11.5. The predicted molar refractivity (Wildman–Crippen MR) is 128 cm³/mol. The summed E-state index contributed by atoms with van der Waals surface area (Å²) in [6.45, 7) is 1.81. The zero-order chi connectivity index (χ0) is 23.5. The summed E-state index contributed by atoms with van der Waals surface area (Å²) < 4.78 is 11.2. The van der Waals surface area contributed by atoms with Gasteiger partial charge in [0.1, 0.15) is 11.6 Å². The van der Waals surface area contributed by atoms with Gasteiger partial charge in [0, 0.05) is 50.1 Å². The van der Waals surface area contributed by atoms with Gasteiger partial charge in [0.25, 0.3) is 5.91 Å². The molecular formula is C25H28N6O3. The standard InChI is InChI=1S/C25H28N6O3/c1-33-18-10-16(11-18)13-30-24(32)17-4-2-3-15(9-17)12-28-23-19-6-8-34-22(19)20(14-29-23)21-5-7-27-25(26)31-21/h2-5,7,9,14,16,18H,6,8,10-13H2,1H3,(H,28,29)(H,30,32)(H2,26,27,31). The Kier molecular flexibility index (Phi) is 6.27. The monoisotopic (exact) mass is 460 g/mol. The zero-order valence-corrected chi connectivity index (χ0v) is 19.1. The van der Waals surface area contributed by atoms with Crippen molar-refractivity contribution in [1.29, 1.82) is 0 Å². The van der Waals surface area contributed by atoms with Gasteiger partial charge in [0.05, 0.1) is 24.0 Å². The van der Waals surface area contributed by atoms with Crippen molar-refractivity contribution in [3.05, 3.63) is 59.4 Å². The van der Waals surface area contributed by atoms with Crippen LogP contribution in [0.5, 0.6) is 5.75 Å². The molecule has 2 aliphatic rings. The molecule has 176 valence electrons. The number of nitrogens with one attached hydrogen (secondary N) is 2. The Morgan fingerprint density at radius 2 is 2.15 bits per heavy atom. The van der Waals surface area contributed by atoms with Gasteiger partial charge in [-0.05, 0) is 42.5 Å². The molecule has 3 aromatic rings. The lowest BCUT2D eigenvalue weighted by molar-refractivity contribution is 0.00179. The number of nitrogen functional groups attached to an aromatic ring is 1. The second kappa shape index (κ2) is 9.64. The van der Waals surface area contributed by atoms with Crippen molar-refractivity contribution in [2.45, 2.75) is 31.9 Å². The number of fused-ring (bicyclic) bond motifs is 1. The van der Waals surface area contributed by atoms with Crippen molar-refractivity contribution in [1.82, 2.24) is 20.3 Å². The van der Waals surface area contributed by atoms with Gasteiger partial charge in [-0.1, -0.05) is 12.1 Å². The highest BCUT2D eigenvalue weighted by Crippen LogP contribution is 2.39. The zero-order valence-electron chi connectivity index (χ0n) is 19.1. The molecule has 0 spiro atoms. The average molecular weight is 461 g/mol. The molecule has 0 atom stereocenters. The van der Waals surface area contributed by atoms with Crippen molar-refractivity contribution in [2.75, 3.05) is 31.3 Å². The van der Waals surface area contributed by atoms with Crippen molar-refractivity contribution in [3.63, 3.8) is 0 Å². The van der Waals surface area contributed by atoms with E-state index in [1.165, 1.54) is 0 Å². The fraction of sp³-hybridized carbons (Fsp3) is 0.360. The first kappa shape index (κ1) is 22.1. The van der Waals surface area contributed by atoms with Crippen molar-refractivity contribution in [2.24, 2.45) is 5.92 Å². The van der Waals surface area contributed by atoms with Crippen LogP contribution in [-0.4, -0.2) is 47.2 Å². The summed E-state index contributed by atoms with van der Waals surface area (Å²) in [4.78, 5) is 25.5. The van der Waals surface area contributed by atoms with Crippen LogP contribution in [0.25, 0.3) is 11.3 Å². The van der Waals surface area contributed by atoms with Crippen LogP contribution in [0.3, 0.4) is 0 Å². The van der Waals surface area contributed by atoms with E-state index >= 15 is 0 Å². The minimum absolute atomic E-state index is 0.0522. The number of amides is 1. The van der Waals surface area contributed by atoms with Crippen LogP contribution >= 0.6 is 0 Å². The quantitative estimate of drug-likeness (QED) is 0.469. The number of methoxy groups -OCH3 is 1. The molecule has 0 saturated heterocycles. The lowest BCUT2D eigenvalue weighted by Crippen LogP contribution is -2.39. The van der Waals surface area contributed by atoms with E-state index in [1.807, 2.05) is 24.3 Å². The molecule has 9 nitrogen and oxygen atoms in total. The van der Waals surface area contributed by atoms with Gasteiger partial charge in [-0.25, -0.2) is 15.0 Å². The number of benzene rings is 1. The van der Waals surface area contributed by atoms with Crippen LogP contribution < -0.4 is 21.1 Å². The SMILES string of the molecule is COC1CC(CNC(=O)c2cccc(CNc3ncc(-c4ccnc(N)n4)c4c3CCO4)c2)C1. The Bertz CT molecular complexity index is 1200. The van der Waals surface area contributed by atoms with E-state index in [-0.39, 0.29) is 11.9 Å². The number of hydrogen-bond donors (Lipinski definition) is 3. The lowest BCUT2D eigenvalue weighted by Gasteiger charge is -2.34. The van der Waals surface area contributed by atoms with E-state index in [4.69, 9.17) is 15.2 Å². The molecule has 1 aromatic carbocycles. The van der Waals surface area contributed by atoms with Gasteiger partial charge in [0.15, 0.2) is 0 Å². The summed E-state index contributed by atoms with van der Waals surface area (Å²) in [7, 11) is 1.73. The number of anilines is 2. The Labute approximate surface area is 198 Å². The second-order valence-corrected chi connectivity index (χ2v) is 8.69. The van der Waals surface area contributed by atoms with Crippen LogP contribution in [0, 0.1) is 5.92 Å². The van der Waals surface area contributed by atoms with E-state index < -0.39 is 0 Å². The summed E-state index contributed by atoms with van der Waals surface area (Å²) in [5.41, 5.74) is 9.89. The molecule has 2 aromatic heterocycles. The van der Waals surface area contributed by atoms with Gasteiger partial charge in [-0.15, -0.1) is 0 Å². The molecule has 9 heteroatoms. The van der Waals surface area contributed by atoms with Crippen LogP contribution in [-0.2, 0) is 17.7 Å². The Morgan fingerprint density at radius 3 is 2.97 bits per heavy atom. The minimum Gasteiger partial charge on any atom is -0.492 e. The van der Waals surface area contributed by atoms with E-state index in [9.17, 15) is 4.79 Å². The van der Waals surface area contributed by atoms with E-state index in [2.05, 4.69) is 25.6 Å². The minimum atomic E-state index is -0.0522. The van der Waals surface area contributed by atoms with Crippen LogP contribution in [0.4, 0.5) is 11.8 Å². The maximum atomic E-state index is 12.6. The highest BCUT2D eigenvalue weighted by Gasteiger charge is 2.29. The second-order valence-electron chi connectivity index (χ2n) is 8.69. The fourth-order valence-corrected chi connectivity index (χ4v) is 4.43. The van der Waals surface area contributed by atoms with Gasteiger partial charge in [0.2, 0.25) is 5.95 Å². The summed E-state index contributed by atoms with van der Waals surface area (Å²) >= 11 is 0. The van der Waals surface area contributed by atoms with E-state index in [0.29, 0.717) is 43.0 Å². The molecule has 1 amide bonds. The number of carbonyl (C=O) groups is 1. The molecule has 0 radical (unpaired) electrons. The predicted octanol–water partition coefficient (Wildman–Crippen LogP) is 2.82. The molecular weight excluding hydrogens is 432 g/mol. The van der Waals surface area contributed by atoms with Gasteiger partial charge < -0.3 is 25.8 Å². The summed E-state index contributed by atoms with van der Waals surface area (Å²) in [5, 5.41) is 6.45. The lowest BCUT2D eigenvalue weighted by atomic mass is 9.82. The Balaban J connectivity index is 1.24. The number of hydrogen-bond acceptors (Lipinski definition) is 8. The number of aromatic nitrogens is 3. The normalized spacial score (nSPS) is 18.5. The van der Waals surface area contributed by atoms with E-state index in [1.54, 1.807) is 25.6 Å². The summed E-state index contributed by atoms with van der Waals surface area (Å²) in [5.74, 6) is 2.20. The molecule has 1 fully saturated rings. The fourth-order valence-electron chi connectivity index (χ4n) is 4.43. The number of carbonyl (C=O) groups excluding carboxylic acids is 1. The molecule has 0 bridgehead atoms. The molecule has 1 saturated carbocycles. The first-order chi connectivity index (χ1) is 16.6. The van der Waals surface area contributed by atoms with Crippen LogP contribution in [0.1, 0.15) is 34.3 Å². The highest BCUT2D eigenvalue weighted by molar-refractivity contribution is 5.94. The smallest absolute Gasteiger partial charge is 0.251 e. The first-order valence-corrected chi connectivity index (χ1v) is 11.5. The van der Waals surface area contributed by atoms with Crippen molar-refractivity contribution in [3.8, 4) is 17.0 Å². The molecule has 1 aliphatic carbocycles. The third-order valence-corrected chi connectivity index (χ3v) is 6.40. The van der Waals surface area contributed by atoms with Gasteiger partial charge in [-0.2, -0.15) is 0 Å². The molecule has 0 unspecified atom stereocenters. The average Bonchev–Trinajstić information content (AvgIpc) is 3.32. The van der Waals surface area contributed by atoms with E-state index in [0.717, 1.165) is 47.5 Å². The third kappa shape index (κ3) is 4.65. The Morgan fingerprint density at radius 1 is 1.26 bits per heavy atom. The number of rotatable bonds is 8. The Hall–Kier alpha value is -3.72. The molecule has 5 rings (SSSR count). The van der Waals surface area contributed by atoms with Crippen LogP contribution in [0.2, 0.25) is 0 Å². The number of nitrogens with two attached hydrogens (primary N) is 1. The van der Waals surface area contributed by atoms with Crippen molar-refractivity contribution < 1.29 is 14.3 Å². The number of pyridine rings is 1. The third-order valence-electron chi connectivity index (χ3n) is 6.40. The molecule has 3 heterocycles. The molecule has 34 heavy (non-hydrogen) atoms. The van der Waals surface area contributed by atoms with Gasteiger partial charge in [-0.3, -0.25) is 4.79 Å². The van der Waals surface area contributed by atoms with Crippen molar-refractivity contribution >= 4 is 17.7 Å². The molecule has 1 aliphatic heterocycles. The largest absolute Gasteiger partial charge is 0.492 e. The number of nitrogens with zero attached hydrogens (tertiary/aromatic N) is 3. The maximum Gasteiger partial charge on any atom is 0.251 e. The highest BCUT2D eigenvalue weighted by atomic mass is 16.5. The van der Waals surface area contributed by atoms with Gasteiger partial charge >= 0.3 is 0 Å². The van der Waals surface area contributed by atoms with Crippen LogP contribution in [0.15, 0.2) is 42.7 Å². The topological polar surface area (TPSA) is 124 Å². The summed E-state index contributed by atoms with van der Waals surface area (Å²) in [6, 6.07) is 9.44. The number of ether oxygens (including phenoxy) is 2. The maximum absolute atomic E-state index is 12.6.